The molecule has 1 unspecified atom stereocenters. The fraction of sp³-hybridized carbons (Fsp3) is 0.529. The summed E-state index contributed by atoms with van der Waals surface area (Å²) < 4.78 is 11.3. The third-order valence-electron chi connectivity index (χ3n) is 4.35. The van der Waals surface area contributed by atoms with Crippen LogP contribution in [0.1, 0.15) is 38.3 Å². The van der Waals surface area contributed by atoms with E-state index in [-0.39, 0.29) is 6.04 Å². The number of carbonyl (C=O) groups is 1. The quantitative estimate of drug-likeness (QED) is 0.824. The van der Waals surface area contributed by atoms with Crippen molar-refractivity contribution in [3.63, 3.8) is 0 Å². The Hall–Kier alpha value is -1.21. The van der Waals surface area contributed by atoms with Crippen molar-refractivity contribution in [1.82, 2.24) is 4.90 Å². The Morgan fingerprint density at radius 3 is 2.75 bits per heavy atom. The second-order valence-corrected chi connectivity index (χ2v) is 7.41. The molecule has 5 nitrogen and oxygen atoms in total. The number of rotatable bonds is 3. The zero-order valence-corrected chi connectivity index (χ0v) is 15.1. The number of hydrogen-bond acceptors (Lipinski definition) is 4. The molecular weight excluding hydrogens is 350 g/mol. The summed E-state index contributed by atoms with van der Waals surface area (Å²) in [5, 5.41) is 10.1. The van der Waals surface area contributed by atoms with E-state index < -0.39 is 24.0 Å². The monoisotopic (exact) mass is 369 g/mol. The Labute approximate surface area is 151 Å². The van der Waals surface area contributed by atoms with Gasteiger partial charge in [-0.15, -0.1) is 0 Å². The molecule has 0 aromatic heterocycles. The highest BCUT2D eigenvalue weighted by atomic mass is 35.5. The minimum atomic E-state index is -1.09. The summed E-state index contributed by atoms with van der Waals surface area (Å²) in [5.74, 6) is -2.03. The van der Waals surface area contributed by atoms with Gasteiger partial charge < -0.3 is 19.5 Å². The predicted molar refractivity (Wildman–Crippen MR) is 94.2 cm³/mol. The highest BCUT2D eigenvalue weighted by Gasteiger charge is 2.49. The van der Waals surface area contributed by atoms with Gasteiger partial charge in [0.05, 0.1) is 6.04 Å². The second kappa shape index (κ2) is 6.59. The number of benzene rings is 1. The molecule has 0 amide bonds. The smallest absolute Gasteiger partial charge is 0.336 e. The number of likely N-dealkylation sites (tertiary alicyclic amines) is 1. The van der Waals surface area contributed by atoms with Crippen LogP contribution in [0.15, 0.2) is 24.3 Å². The van der Waals surface area contributed by atoms with Crippen LogP contribution in [0.4, 0.5) is 0 Å². The highest BCUT2D eigenvalue weighted by molar-refractivity contribution is 7.80. The molecule has 2 saturated heterocycles. The van der Waals surface area contributed by atoms with Crippen molar-refractivity contribution >= 4 is 34.8 Å². The van der Waals surface area contributed by atoms with Crippen LogP contribution >= 0.6 is 23.8 Å². The van der Waals surface area contributed by atoms with Crippen molar-refractivity contribution in [1.29, 1.82) is 0 Å². The third kappa shape index (κ3) is 3.42. The van der Waals surface area contributed by atoms with E-state index in [2.05, 4.69) is 0 Å². The first-order valence-electron chi connectivity index (χ1n) is 7.93. The molecule has 24 heavy (non-hydrogen) atoms. The number of thiocarbonyl (C=S) groups is 1. The molecule has 1 N–H and O–H groups in total. The van der Waals surface area contributed by atoms with Crippen molar-refractivity contribution in [2.24, 2.45) is 0 Å². The van der Waals surface area contributed by atoms with Crippen molar-refractivity contribution in [2.75, 3.05) is 6.54 Å². The van der Waals surface area contributed by atoms with E-state index in [4.69, 9.17) is 33.3 Å². The molecule has 0 saturated carbocycles. The Bertz CT molecular complexity index is 666. The van der Waals surface area contributed by atoms with Crippen LogP contribution < -0.4 is 0 Å². The average Bonchev–Trinajstić information content (AvgIpc) is 3.10. The summed E-state index contributed by atoms with van der Waals surface area (Å²) in [6.07, 6.45) is 0.0571. The molecule has 0 radical (unpaired) electrons. The molecule has 3 atom stereocenters. The van der Waals surface area contributed by atoms with Crippen molar-refractivity contribution < 1.29 is 19.4 Å². The number of hydrogen-bond donors (Lipinski definition) is 1. The lowest BCUT2D eigenvalue weighted by Crippen LogP contribution is -2.44. The van der Waals surface area contributed by atoms with Gasteiger partial charge in [-0.1, -0.05) is 36.0 Å². The fourth-order valence-corrected chi connectivity index (χ4v) is 3.97. The second-order valence-electron chi connectivity index (χ2n) is 6.56. The lowest BCUT2D eigenvalue weighted by Gasteiger charge is -2.31. The molecule has 3 rings (SSSR count). The normalized spacial score (nSPS) is 29.0. The SMILES string of the molecule is CC1(C)O[C@@H](C(=O)O)[C@H](C(=S)N2CCCC2c2cccc(Cl)c2)O1. The first-order chi connectivity index (χ1) is 11.3. The number of carboxylic acids is 1. The van der Waals surface area contributed by atoms with E-state index >= 15 is 0 Å². The van der Waals surface area contributed by atoms with E-state index in [1.165, 1.54) is 0 Å². The molecule has 0 aliphatic carbocycles. The lowest BCUT2D eigenvalue weighted by molar-refractivity contribution is -0.165. The largest absolute Gasteiger partial charge is 0.479 e. The maximum absolute atomic E-state index is 11.5. The van der Waals surface area contributed by atoms with E-state index in [1.807, 2.05) is 29.2 Å². The van der Waals surface area contributed by atoms with Gasteiger partial charge in [0.1, 0.15) is 11.1 Å². The molecule has 130 valence electrons. The Balaban J connectivity index is 1.84. The molecule has 1 aromatic rings. The van der Waals surface area contributed by atoms with Gasteiger partial charge >= 0.3 is 5.97 Å². The predicted octanol–water partition coefficient (Wildman–Crippen LogP) is 3.41. The fourth-order valence-electron chi connectivity index (χ4n) is 3.38. The van der Waals surface area contributed by atoms with Crippen molar-refractivity contribution in [3.8, 4) is 0 Å². The molecule has 2 aliphatic heterocycles. The summed E-state index contributed by atoms with van der Waals surface area (Å²) in [6.45, 7) is 4.16. The van der Waals surface area contributed by atoms with Crippen LogP contribution in [0.2, 0.25) is 5.02 Å². The van der Waals surface area contributed by atoms with Gasteiger partial charge in [0.15, 0.2) is 11.9 Å². The van der Waals surface area contributed by atoms with Crippen LogP contribution in [0.25, 0.3) is 0 Å². The van der Waals surface area contributed by atoms with Gasteiger partial charge in [0.25, 0.3) is 0 Å². The van der Waals surface area contributed by atoms with Gasteiger partial charge in [0.2, 0.25) is 0 Å². The molecule has 2 fully saturated rings. The van der Waals surface area contributed by atoms with Gasteiger partial charge in [-0.2, -0.15) is 0 Å². The van der Waals surface area contributed by atoms with Crippen LogP contribution in [-0.2, 0) is 14.3 Å². The minimum absolute atomic E-state index is 0.0814. The van der Waals surface area contributed by atoms with Crippen LogP contribution in [0.5, 0.6) is 0 Å². The van der Waals surface area contributed by atoms with Gasteiger partial charge in [-0.25, -0.2) is 4.79 Å². The van der Waals surface area contributed by atoms with Crippen LogP contribution in [-0.4, -0.2) is 45.5 Å². The number of aliphatic carboxylic acids is 1. The van der Waals surface area contributed by atoms with Gasteiger partial charge in [-0.05, 0) is 44.4 Å². The van der Waals surface area contributed by atoms with Crippen LogP contribution in [0, 0.1) is 0 Å². The topological polar surface area (TPSA) is 59.0 Å². The molecule has 7 heteroatoms. The summed E-state index contributed by atoms with van der Waals surface area (Å²) >= 11 is 11.7. The molecule has 1 aromatic carbocycles. The number of halogens is 1. The molecule has 0 spiro atoms. The lowest BCUT2D eigenvalue weighted by atomic mass is 10.0. The summed E-state index contributed by atoms with van der Waals surface area (Å²) in [5.41, 5.74) is 1.08. The third-order valence-corrected chi connectivity index (χ3v) is 5.05. The summed E-state index contributed by atoms with van der Waals surface area (Å²) in [6, 6.07) is 7.77. The zero-order valence-electron chi connectivity index (χ0n) is 13.6. The zero-order chi connectivity index (χ0) is 17.5. The number of nitrogens with zero attached hydrogens (tertiary/aromatic N) is 1. The molecule has 2 aliphatic rings. The van der Waals surface area contributed by atoms with E-state index in [1.54, 1.807) is 13.8 Å². The van der Waals surface area contributed by atoms with Crippen LogP contribution in [0.3, 0.4) is 0 Å². The van der Waals surface area contributed by atoms with Gasteiger partial charge in [0, 0.05) is 11.6 Å². The maximum Gasteiger partial charge on any atom is 0.336 e. The Kier molecular flexibility index (Phi) is 4.84. The summed E-state index contributed by atoms with van der Waals surface area (Å²) in [7, 11) is 0. The molecule has 0 bridgehead atoms. The molecular formula is C17H20ClNO4S. The van der Waals surface area contributed by atoms with Crippen molar-refractivity contribution in [3.05, 3.63) is 34.9 Å². The average molecular weight is 370 g/mol. The van der Waals surface area contributed by atoms with E-state index in [9.17, 15) is 9.90 Å². The minimum Gasteiger partial charge on any atom is -0.479 e. The van der Waals surface area contributed by atoms with E-state index in [0.29, 0.717) is 10.0 Å². The standard InChI is InChI=1S/C17H20ClNO4S/c1-17(2)22-13(14(23-17)16(20)21)15(24)19-8-4-7-12(19)10-5-3-6-11(18)9-10/h3,5-6,9,12-14H,4,7-8H2,1-2H3,(H,20,21)/t12?,13-,14-/m1/s1. The first-order valence-corrected chi connectivity index (χ1v) is 8.71. The number of ether oxygens (including phenoxy) is 2. The van der Waals surface area contributed by atoms with Gasteiger partial charge in [-0.3, -0.25) is 0 Å². The summed E-state index contributed by atoms with van der Waals surface area (Å²) in [4.78, 5) is 14.0. The highest BCUT2D eigenvalue weighted by Crippen LogP contribution is 2.37. The Morgan fingerprint density at radius 1 is 1.38 bits per heavy atom. The van der Waals surface area contributed by atoms with E-state index in [0.717, 1.165) is 24.9 Å². The first kappa shape index (κ1) is 17.6. The maximum atomic E-state index is 11.5. The molecule has 2 heterocycles. The Morgan fingerprint density at radius 2 is 2.08 bits per heavy atom. The van der Waals surface area contributed by atoms with Crippen molar-refractivity contribution in [2.45, 2.75) is 50.7 Å². The number of carboxylic acid groups (broad SMARTS) is 1.